The number of nitrogens with one attached hydrogen (secondary N) is 1. The highest BCUT2D eigenvalue weighted by Crippen LogP contribution is 2.30. The fourth-order valence-corrected chi connectivity index (χ4v) is 2.00. The summed E-state index contributed by atoms with van der Waals surface area (Å²) in [4.78, 5) is -0.0633. The summed E-state index contributed by atoms with van der Waals surface area (Å²) >= 11 is 4.84. The molecule has 0 fully saturated rings. The van der Waals surface area contributed by atoms with Crippen LogP contribution in [0, 0.1) is 11.6 Å². The highest BCUT2D eigenvalue weighted by molar-refractivity contribution is 7.80. The molecule has 0 amide bonds. The van der Waals surface area contributed by atoms with Gasteiger partial charge in [-0.25, -0.2) is 8.78 Å². The minimum atomic E-state index is -0.524. The standard InChI is InChI=1S/C14H12F2N2OS/c1-19-12-7-8(15)5-6-10(12)18-11-4-2-3-9(16)13(11)14(17)20/h2-7,18H,1H3,(H2,17,20). The smallest absolute Gasteiger partial charge is 0.145 e. The zero-order valence-corrected chi connectivity index (χ0v) is 11.4. The summed E-state index contributed by atoms with van der Waals surface area (Å²) in [5, 5.41) is 2.94. The Morgan fingerprint density at radius 1 is 1.20 bits per heavy atom. The third-order valence-electron chi connectivity index (χ3n) is 2.69. The first kappa shape index (κ1) is 14.2. The van der Waals surface area contributed by atoms with E-state index < -0.39 is 11.6 Å². The summed E-state index contributed by atoms with van der Waals surface area (Å²) < 4.78 is 32.0. The monoisotopic (exact) mass is 294 g/mol. The van der Waals surface area contributed by atoms with E-state index in [9.17, 15) is 8.78 Å². The molecule has 0 radical (unpaired) electrons. The molecule has 0 unspecified atom stereocenters. The molecule has 0 saturated carbocycles. The normalized spacial score (nSPS) is 10.2. The Hall–Kier alpha value is -2.21. The van der Waals surface area contributed by atoms with Crippen LogP contribution in [0.2, 0.25) is 0 Å². The van der Waals surface area contributed by atoms with Gasteiger partial charge in [0.05, 0.1) is 24.0 Å². The number of benzene rings is 2. The summed E-state index contributed by atoms with van der Waals surface area (Å²) in [6.07, 6.45) is 0. The Kier molecular flexibility index (Phi) is 4.14. The van der Waals surface area contributed by atoms with Crippen molar-refractivity contribution in [1.82, 2.24) is 0 Å². The SMILES string of the molecule is COc1cc(F)ccc1Nc1cccc(F)c1C(N)=S. The predicted octanol–water partition coefficient (Wildman–Crippen LogP) is 3.35. The van der Waals surface area contributed by atoms with Crippen LogP contribution in [0.4, 0.5) is 20.2 Å². The molecule has 0 spiro atoms. The van der Waals surface area contributed by atoms with E-state index in [1.165, 1.54) is 37.4 Å². The second-order valence-electron chi connectivity index (χ2n) is 4.00. The molecule has 0 aromatic heterocycles. The molecule has 2 aromatic carbocycles. The van der Waals surface area contributed by atoms with Gasteiger partial charge in [-0.1, -0.05) is 18.3 Å². The van der Waals surface area contributed by atoms with E-state index in [0.29, 0.717) is 17.1 Å². The number of nitrogens with two attached hydrogens (primary N) is 1. The first-order valence-corrected chi connectivity index (χ1v) is 6.12. The molecule has 3 N–H and O–H groups in total. The Labute approximate surface area is 120 Å². The first-order valence-electron chi connectivity index (χ1n) is 5.72. The quantitative estimate of drug-likeness (QED) is 0.849. The zero-order valence-electron chi connectivity index (χ0n) is 10.6. The van der Waals surface area contributed by atoms with Gasteiger partial charge in [0.2, 0.25) is 0 Å². The minimum absolute atomic E-state index is 0.0633. The van der Waals surface area contributed by atoms with Gasteiger partial charge in [-0.05, 0) is 24.3 Å². The van der Waals surface area contributed by atoms with Crippen LogP contribution >= 0.6 is 12.2 Å². The number of halogens is 2. The van der Waals surface area contributed by atoms with Crippen LogP contribution < -0.4 is 15.8 Å². The predicted molar refractivity (Wildman–Crippen MR) is 78.5 cm³/mol. The average Bonchev–Trinajstić information content (AvgIpc) is 2.40. The van der Waals surface area contributed by atoms with Gasteiger partial charge in [-0.3, -0.25) is 0 Å². The number of hydrogen-bond acceptors (Lipinski definition) is 3. The largest absolute Gasteiger partial charge is 0.494 e. The van der Waals surface area contributed by atoms with Crippen LogP contribution in [0.25, 0.3) is 0 Å². The van der Waals surface area contributed by atoms with E-state index in [-0.39, 0.29) is 10.6 Å². The van der Waals surface area contributed by atoms with Crippen LogP contribution in [0.15, 0.2) is 36.4 Å². The Morgan fingerprint density at radius 3 is 2.60 bits per heavy atom. The maximum Gasteiger partial charge on any atom is 0.145 e. The van der Waals surface area contributed by atoms with Crippen molar-refractivity contribution < 1.29 is 13.5 Å². The lowest BCUT2D eigenvalue weighted by Gasteiger charge is -2.14. The van der Waals surface area contributed by atoms with Crippen molar-refractivity contribution in [3.63, 3.8) is 0 Å². The van der Waals surface area contributed by atoms with E-state index in [1.807, 2.05) is 0 Å². The van der Waals surface area contributed by atoms with E-state index in [2.05, 4.69) is 5.32 Å². The second kappa shape index (κ2) is 5.83. The van der Waals surface area contributed by atoms with Crippen molar-refractivity contribution in [2.75, 3.05) is 12.4 Å². The third kappa shape index (κ3) is 2.85. The van der Waals surface area contributed by atoms with E-state index in [0.717, 1.165) is 0 Å². The zero-order chi connectivity index (χ0) is 14.7. The van der Waals surface area contributed by atoms with Crippen molar-refractivity contribution in [2.24, 2.45) is 5.73 Å². The number of thiocarbonyl (C=S) groups is 1. The Balaban J connectivity index is 2.45. The van der Waals surface area contributed by atoms with E-state index in [1.54, 1.807) is 6.07 Å². The molecule has 0 atom stereocenters. The van der Waals surface area contributed by atoms with E-state index in [4.69, 9.17) is 22.7 Å². The first-order chi connectivity index (χ1) is 9.52. The van der Waals surface area contributed by atoms with Crippen LogP contribution in [0.1, 0.15) is 5.56 Å². The molecular weight excluding hydrogens is 282 g/mol. The Morgan fingerprint density at radius 2 is 1.95 bits per heavy atom. The van der Waals surface area contributed by atoms with Gasteiger partial charge in [-0.2, -0.15) is 0 Å². The van der Waals surface area contributed by atoms with Gasteiger partial charge < -0.3 is 15.8 Å². The van der Waals surface area contributed by atoms with Crippen molar-refractivity contribution in [1.29, 1.82) is 0 Å². The molecule has 0 heterocycles. The maximum absolute atomic E-state index is 13.8. The van der Waals surface area contributed by atoms with Gasteiger partial charge in [0, 0.05) is 6.07 Å². The van der Waals surface area contributed by atoms with Crippen molar-refractivity contribution in [3.8, 4) is 5.75 Å². The van der Waals surface area contributed by atoms with Crippen LogP contribution in [0.5, 0.6) is 5.75 Å². The highest BCUT2D eigenvalue weighted by atomic mass is 32.1. The van der Waals surface area contributed by atoms with Gasteiger partial charge >= 0.3 is 0 Å². The van der Waals surface area contributed by atoms with Crippen molar-refractivity contribution >= 4 is 28.6 Å². The van der Waals surface area contributed by atoms with Crippen LogP contribution in [-0.2, 0) is 0 Å². The fraction of sp³-hybridized carbons (Fsp3) is 0.0714. The molecule has 0 bridgehead atoms. The highest BCUT2D eigenvalue weighted by Gasteiger charge is 2.13. The number of anilines is 2. The number of ether oxygens (including phenoxy) is 1. The fourth-order valence-electron chi connectivity index (χ4n) is 1.79. The summed E-state index contributed by atoms with van der Waals surface area (Å²) in [6.45, 7) is 0. The molecule has 20 heavy (non-hydrogen) atoms. The van der Waals surface area contributed by atoms with Crippen LogP contribution in [0.3, 0.4) is 0 Å². The van der Waals surface area contributed by atoms with Crippen LogP contribution in [-0.4, -0.2) is 12.1 Å². The lowest BCUT2D eigenvalue weighted by atomic mass is 10.1. The number of hydrogen-bond donors (Lipinski definition) is 2. The summed E-state index contributed by atoms with van der Waals surface area (Å²) in [7, 11) is 1.42. The average molecular weight is 294 g/mol. The minimum Gasteiger partial charge on any atom is -0.494 e. The molecule has 2 aromatic rings. The molecule has 0 aliphatic rings. The lowest BCUT2D eigenvalue weighted by Crippen LogP contribution is -2.14. The maximum atomic E-state index is 13.8. The molecule has 0 aliphatic carbocycles. The molecule has 3 nitrogen and oxygen atoms in total. The number of rotatable bonds is 4. The van der Waals surface area contributed by atoms with Crippen molar-refractivity contribution in [2.45, 2.75) is 0 Å². The molecular formula is C14H12F2N2OS. The topological polar surface area (TPSA) is 47.3 Å². The lowest BCUT2D eigenvalue weighted by molar-refractivity contribution is 0.413. The second-order valence-corrected chi connectivity index (χ2v) is 4.44. The summed E-state index contributed by atoms with van der Waals surface area (Å²) in [5.41, 5.74) is 6.50. The van der Waals surface area contributed by atoms with Gasteiger partial charge in [0.25, 0.3) is 0 Å². The molecule has 6 heteroatoms. The van der Waals surface area contributed by atoms with Gasteiger partial charge in [-0.15, -0.1) is 0 Å². The van der Waals surface area contributed by atoms with Gasteiger partial charge in [0.15, 0.2) is 0 Å². The summed E-state index contributed by atoms with van der Waals surface area (Å²) in [5.74, 6) is -0.659. The van der Waals surface area contributed by atoms with E-state index >= 15 is 0 Å². The molecule has 2 rings (SSSR count). The van der Waals surface area contributed by atoms with Crippen molar-refractivity contribution in [3.05, 3.63) is 53.6 Å². The number of methoxy groups -OCH3 is 1. The molecule has 0 saturated heterocycles. The Bertz CT molecular complexity index is 662. The summed E-state index contributed by atoms with van der Waals surface area (Å²) in [6, 6.07) is 8.40. The van der Waals surface area contributed by atoms with Gasteiger partial charge in [0.1, 0.15) is 22.4 Å². The molecule has 104 valence electrons. The third-order valence-corrected chi connectivity index (χ3v) is 2.90. The molecule has 0 aliphatic heterocycles.